The highest BCUT2D eigenvalue weighted by atomic mass is 35.5. The summed E-state index contributed by atoms with van der Waals surface area (Å²) in [5, 5.41) is 10.9. The highest BCUT2D eigenvalue weighted by Crippen LogP contribution is 2.32. The molecule has 1 aliphatic heterocycles. The number of H-pyrrole nitrogens is 1. The normalized spacial score (nSPS) is 17.5. The summed E-state index contributed by atoms with van der Waals surface area (Å²) in [6.07, 6.45) is 7.53. The number of aromatic nitrogens is 3. The molecule has 0 radical (unpaired) electrons. The van der Waals surface area contributed by atoms with E-state index in [1.54, 1.807) is 36.5 Å². The molecule has 5 rings (SSSR count). The van der Waals surface area contributed by atoms with Crippen molar-refractivity contribution in [2.24, 2.45) is 0 Å². The number of aromatic amines is 1. The first-order valence-corrected chi connectivity index (χ1v) is 14.2. The van der Waals surface area contributed by atoms with Gasteiger partial charge in [0.2, 0.25) is 11.9 Å². The molecule has 1 saturated heterocycles. The Labute approximate surface area is 250 Å². The molecule has 0 saturated carbocycles. The van der Waals surface area contributed by atoms with Crippen molar-refractivity contribution in [3.05, 3.63) is 83.7 Å². The summed E-state index contributed by atoms with van der Waals surface area (Å²) in [7, 11) is 5.89. The van der Waals surface area contributed by atoms with E-state index in [2.05, 4.69) is 30.8 Å². The molecule has 1 unspecified atom stereocenters. The number of anilines is 2. The van der Waals surface area contributed by atoms with Crippen LogP contribution >= 0.6 is 11.6 Å². The number of halogens is 1. The average molecular weight is 587 g/mol. The monoisotopic (exact) mass is 586 g/mol. The molecular formula is C31H35ClN8O2. The molecule has 218 valence electrons. The van der Waals surface area contributed by atoms with Crippen LogP contribution in [0.25, 0.3) is 22.2 Å². The Bertz CT molecular complexity index is 1580. The van der Waals surface area contributed by atoms with Gasteiger partial charge in [-0.2, -0.15) is 0 Å². The summed E-state index contributed by atoms with van der Waals surface area (Å²) >= 11 is 6.51. The van der Waals surface area contributed by atoms with E-state index in [1.807, 2.05) is 56.5 Å². The minimum absolute atomic E-state index is 0.0178. The molecule has 1 fully saturated rings. The average Bonchev–Trinajstić information content (AvgIpc) is 3.38. The second-order valence-electron chi connectivity index (χ2n) is 10.8. The molecule has 4 aromatic rings. The number of rotatable bonds is 9. The van der Waals surface area contributed by atoms with Crippen molar-refractivity contribution in [2.45, 2.75) is 18.5 Å². The molecule has 42 heavy (non-hydrogen) atoms. The number of fused-ring (bicyclic) bond motifs is 1. The third kappa shape index (κ3) is 7.33. The Morgan fingerprint density at radius 2 is 1.88 bits per heavy atom. The lowest BCUT2D eigenvalue weighted by Gasteiger charge is -2.36. The van der Waals surface area contributed by atoms with E-state index in [4.69, 9.17) is 16.6 Å². The number of piperidine rings is 1. The Balaban J connectivity index is 1.20. The molecule has 1 aliphatic rings. The van der Waals surface area contributed by atoms with Gasteiger partial charge in [0.25, 0.3) is 5.91 Å². The first-order chi connectivity index (χ1) is 20.2. The summed E-state index contributed by atoms with van der Waals surface area (Å²) in [5.41, 5.74) is 3.74. The van der Waals surface area contributed by atoms with Crippen molar-refractivity contribution in [1.82, 2.24) is 30.1 Å². The molecule has 3 heterocycles. The maximum atomic E-state index is 13.0. The lowest BCUT2D eigenvalue weighted by Crippen LogP contribution is -2.53. The number of para-hydroxylation sites is 1. The van der Waals surface area contributed by atoms with Gasteiger partial charge in [-0.3, -0.25) is 9.59 Å². The van der Waals surface area contributed by atoms with E-state index in [1.165, 1.54) is 6.08 Å². The molecule has 2 atom stereocenters. The third-order valence-electron chi connectivity index (χ3n) is 7.04. The smallest absolute Gasteiger partial charge is 0.251 e. The van der Waals surface area contributed by atoms with Gasteiger partial charge in [-0.05, 0) is 57.9 Å². The molecule has 0 bridgehead atoms. The summed E-state index contributed by atoms with van der Waals surface area (Å²) in [6, 6.07) is 14.8. The number of likely N-dealkylation sites (tertiary alicyclic amines) is 1. The second-order valence-corrected chi connectivity index (χ2v) is 11.2. The summed E-state index contributed by atoms with van der Waals surface area (Å²) in [5.74, 6) is 0.109. The van der Waals surface area contributed by atoms with E-state index in [0.717, 1.165) is 29.6 Å². The van der Waals surface area contributed by atoms with Crippen LogP contribution in [0.2, 0.25) is 5.02 Å². The van der Waals surface area contributed by atoms with Crippen LogP contribution in [0.3, 0.4) is 0 Å². The lowest BCUT2D eigenvalue weighted by molar-refractivity contribution is -0.111. The lowest BCUT2D eigenvalue weighted by atomic mass is 10.0. The Hall–Kier alpha value is -4.25. The van der Waals surface area contributed by atoms with Gasteiger partial charge in [0.05, 0.1) is 16.9 Å². The predicted molar refractivity (Wildman–Crippen MR) is 168 cm³/mol. The summed E-state index contributed by atoms with van der Waals surface area (Å²) in [6.45, 7) is 2.18. The van der Waals surface area contributed by atoms with Crippen LogP contribution in [0.15, 0.2) is 73.1 Å². The Morgan fingerprint density at radius 1 is 1.12 bits per heavy atom. The molecular weight excluding hydrogens is 552 g/mol. The van der Waals surface area contributed by atoms with Crippen LogP contribution in [0.4, 0.5) is 11.6 Å². The van der Waals surface area contributed by atoms with Crippen LogP contribution in [-0.4, -0.2) is 89.4 Å². The zero-order valence-electron chi connectivity index (χ0n) is 23.9. The van der Waals surface area contributed by atoms with Gasteiger partial charge in [0.15, 0.2) is 0 Å². The number of hydrogen-bond acceptors (Lipinski definition) is 7. The number of nitrogens with one attached hydrogen (secondary N) is 4. The van der Waals surface area contributed by atoms with Crippen LogP contribution in [0, 0.1) is 0 Å². The number of nitrogens with zero attached hydrogens (tertiary/aromatic N) is 4. The Kier molecular flexibility index (Phi) is 9.16. The van der Waals surface area contributed by atoms with Crippen molar-refractivity contribution < 1.29 is 9.59 Å². The van der Waals surface area contributed by atoms with E-state index in [0.29, 0.717) is 40.9 Å². The van der Waals surface area contributed by atoms with Crippen LogP contribution in [0.1, 0.15) is 16.8 Å². The van der Waals surface area contributed by atoms with E-state index in [-0.39, 0.29) is 23.9 Å². The minimum atomic E-state index is -0.212. The first-order valence-electron chi connectivity index (χ1n) is 13.8. The van der Waals surface area contributed by atoms with Crippen molar-refractivity contribution in [1.29, 1.82) is 0 Å². The number of likely N-dealkylation sites (N-methyl/N-ethyl adjacent to an activating group) is 2. The van der Waals surface area contributed by atoms with E-state index < -0.39 is 0 Å². The predicted octanol–water partition coefficient (Wildman–Crippen LogP) is 4.25. The molecule has 0 aliphatic carbocycles. The van der Waals surface area contributed by atoms with E-state index >= 15 is 0 Å². The molecule has 0 spiro atoms. The van der Waals surface area contributed by atoms with Crippen molar-refractivity contribution in [2.75, 3.05) is 51.4 Å². The topological polar surface area (TPSA) is 118 Å². The number of benzene rings is 2. The number of amides is 2. The minimum Gasteiger partial charge on any atom is -0.360 e. The zero-order chi connectivity index (χ0) is 29.6. The number of carbonyl (C=O) groups excluding carboxylic acids is 2. The van der Waals surface area contributed by atoms with Crippen LogP contribution < -0.4 is 16.0 Å². The highest BCUT2D eigenvalue weighted by molar-refractivity contribution is 6.33. The SMILES string of the molecule is CN(C)CC=CC(=O)Nc1ccc(C(=O)N[C@H]2CC(Nc3ncc(Cl)c(-c4c[nH]c5ccccc45)n3)CN(C)C2)cc1. The van der Waals surface area contributed by atoms with Gasteiger partial charge in [0.1, 0.15) is 0 Å². The van der Waals surface area contributed by atoms with Gasteiger partial charge in [-0.1, -0.05) is 35.9 Å². The summed E-state index contributed by atoms with van der Waals surface area (Å²) < 4.78 is 0. The molecule has 10 nitrogen and oxygen atoms in total. The van der Waals surface area contributed by atoms with Gasteiger partial charge < -0.3 is 30.7 Å². The van der Waals surface area contributed by atoms with Gasteiger partial charge in [0, 0.05) is 71.7 Å². The van der Waals surface area contributed by atoms with E-state index in [9.17, 15) is 9.59 Å². The Morgan fingerprint density at radius 3 is 2.67 bits per heavy atom. The second kappa shape index (κ2) is 13.2. The molecule has 2 amide bonds. The van der Waals surface area contributed by atoms with Crippen molar-refractivity contribution >= 4 is 46.0 Å². The fourth-order valence-corrected chi connectivity index (χ4v) is 5.33. The largest absolute Gasteiger partial charge is 0.360 e. The first kappa shape index (κ1) is 29.2. The maximum Gasteiger partial charge on any atom is 0.251 e. The number of hydrogen-bond donors (Lipinski definition) is 4. The fourth-order valence-electron chi connectivity index (χ4n) is 5.13. The molecule has 11 heteroatoms. The zero-order valence-corrected chi connectivity index (χ0v) is 24.7. The van der Waals surface area contributed by atoms with Crippen LogP contribution in [0.5, 0.6) is 0 Å². The maximum absolute atomic E-state index is 13.0. The third-order valence-corrected chi connectivity index (χ3v) is 7.32. The van der Waals surface area contributed by atoms with Crippen LogP contribution in [-0.2, 0) is 4.79 Å². The molecule has 2 aromatic carbocycles. The summed E-state index contributed by atoms with van der Waals surface area (Å²) in [4.78, 5) is 41.7. The quantitative estimate of drug-likeness (QED) is 0.217. The highest BCUT2D eigenvalue weighted by Gasteiger charge is 2.27. The standard InChI is InChI=1S/C31H35ClN8O2/c1-39(2)14-6-9-28(41)35-21-12-10-20(11-13-21)30(42)36-22-15-23(19-40(3)18-22)37-31-34-17-26(32)29(38-31)25-16-33-27-8-5-4-7-24(25)27/h4-13,16-17,22-23,33H,14-15,18-19H2,1-3H3,(H,35,41)(H,36,42)(H,34,37,38)/t22-,23?/m0/s1. The molecule has 2 aromatic heterocycles. The van der Waals surface area contributed by atoms with Gasteiger partial charge >= 0.3 is 0 Å². The number of carbonyl (C=O) groups is 2. The van der Waals surface area contributed by atoms with Crippen molar-refractivity contribution in [3.8, 4) is 11.3 Å². The molecule has 4 N–H and O–H groups in total. The van der Waals surface area contributed by atoms with Gasteiger partial charge in [-0.25, -0.2) is 9.97 Å². The van der Waals surface area contributed by atoms with Gasteiger partial charge in [-0.15, -0.1) is 0 Å². The fraction of sp³-hybridized carbons (Fsp3) is 0.290. The van der Waals surface area contributed by atoms with Crippen molar-refractivity contribution in [3.63, 3.8) is 0 Å².